The van der Waals surface area contributed by atoms with Crippen molar-refractivity contribution in [3.63, 3.8) is 0 Å². The van der Waals surface area contributed by atoms with Gasteiger partial charge in [0.25, 0.3) is 0 Å². The van der Waals surface area contributed by atoms with Crippen molar-refractivity contribution < 1.29 is 14.6 Å². The molecule has 0 bridgehead atoms. The number of hydrogen-bond acceptors (Lipinski definition) is 3. The molecule has 1 aliphatic heterocycles. The average molecular weight is 194 g/mol. The third-order valence-corrected chi connectivity index (χ3v) is 2.24. The van der Waals surface area contributed by atoms with Crippen LogP contribution in [0.1, 0.15) is 25.2 Å². The molecule has 0 aliphatic carbocycles. The van der Waals surface area contributed by atoms with E-state index in [1.54, 1.807) is 0 Å². The molecule has 1 N–H and O–H groups in total. The molecular weight excluding hydrogens is 180 g/mol. The quantitative estimate of drug-likeness (QED) is 0.741. The van der Waals surface area contributed by atoms with Crippen molar-refractivity contribution in [3.05, 3.63) is 35.9 Å². The summed E-state index contributed by atoms with van der Waals surface area (Å²) in [5, 5.41) is 9.41. The molecule has 0 radical (unpaired) electrons. The highest BCUT2D eigenvalue weighted by atomic mass is 16.7. The summed E-state index contributed by atoms with van der Waals surface area (Å²) in [4.78, 5) is 0. The minimum absolute atomic E-state index is 0.0314. The third kappa shape index (κ3) is 2.12. The molecule has 3 nitrogen and oxygen atoms in total. The van der Waals surface area contributed by atoms with Crippen LogP contribution in [0, 0.1) is 0 Å². The van der Waals surface area contributed by atoms with E-state index in [2.05, 4.69) is 0 Å². The van der Waals surface area contributed by atoms with Gasteiger partial charge in [-0.1, -0.05) is 30.3 Å². The minimum atomic E-state index is -0.719. The van der Waals surface area contributed by atoms with Crippen LogP contribution in [0.25, 0.3) is 0 Å². The zero-order valence-electron chi connectivity index (χ0n) is 8.09. The summed E-state index contributed by atoms with van der Waals surface area (Å²) < 4.78 is 10.8. The zero-order valence-corrected chi connectivity index (χ0v) is 8.09. The van der Waals surface area contributed by atoms with Crippen LogP contribution in [0.4, 0.5) is 0 Å². The van der Waals surface area contributed by atoms with Crippen LogP contribution in [-0.2, 0) is 9.47 Å². The van der Waals surface area contributed by atoms with Gasteiger partial charge in [0.2, 0.25) is 0 Å². The highest BCUT2D eigenvalue weighted by Crippen LogP contribution is 2.28. The van der Waals surface area contributed by atoms with E-state index in [-0.39, 0.29) is 6.10 Å². The number of aliphatic hydroxyl groups excluding tert-OH is 1. The number of rotatable bonds is 1. The Bertz CT molecular complexity index is 276. The van der Waals surface area contributed by atoms with Gasteiger partial charge in [-0.15, -0.1) is 0 Å². The Morgan fingerprint density at radius 1 is 1.21 bits per heavy atom. The molecule has 3 unspecified atom stereocenters. The van der Waals surface area contributed by atoms with Crippen LogP contribution in [0.3, 0.4) is 0 Å². The molecule has 1 aliphatic rings. The monoisotopic (exact) mass is 194 g/mol. The molecule has 1 aromatic carbocycles. The van der Waals surface area contributed by atoms with Crippen LogP contribution in [0.2, 0.25) is 0 Å². The maximum absolute atomic E-state index is 9.41. The van der Waals surface area contributed by atoms with Gasteiger partial charge in [-0.05, 0) is 6.92 Å². The average Bonchev–Trinajstić information content (AvgIpc) is 2.18. The Morgan fingerprint density at radius 2 is 1.93 bits per heavy atom. The minimum Gasteiger partial charge on any atom is -0.368 e. The maximum atomic E-state index is 9.41. The van der Waals surface area contributed by atoms with E-state index in [1.165, 1.54) is 0 Å². The molecular formula is C11H14O3. The first-order valence-corrected chi connectivity index (χ1v) is 4.79. The van der Waals surface area contributed by atoms with Gasteiger partial charge in [0, 0.05) is 12.0 Å². The molecule has 3 atom stereocenters. The summed E-state index contributed by atoms with van der Waals surface area (Å²) in [6.45, 7) is 1.93. The van der Waals surface area contributed by atoms with Gasteiger partial charge >= 0.3 is 0 Å². The lowest BCUT2D eigenvalue weighted by Crippen LogP contribution is -2.31. The van der Waals surface area contributed by atoms with Crippen molar-refractivity contribution >= 4 is 0 Å². The van der Waals surface area contributed by atoms with E-state index in [4.69, 9.17) is 9.47 Å². The fourth-order valence-corrected chi connectivity index (χ4v) is 1.55. The maximum Gasteiger partial charge on any atom is 0.187 e. The summed E-state index contributed by atoms with van der Waals surface area (Å²) in [6.07, 6.45) is -0.591. The predicted octanol–water partition coefficient (Wildman–Crippen LogP) is 1.83. The standard InChI is InChI=1S/C11H14O3/c1-8-7-10(12)14-11(13-8)9-5-3-2-4-6-9/h2-6,8,10-12H,7H2,1H3. The summed E-state index contributed by atoms with van der Waals surface area (Å²) in [6, 6.07) is 9.64. The van der Waals surface area contributed by atoms with Gasteiger partial charge in [0.1, 0.15) is 0 Å². The van der Waals surface area contributed by atoms with E-state index >= 15 is 0 Å². The highest BCUT2D eigenvalue weighted by Gasteiger charge is 2.26. The summed E-state index contributed by atoms with van der Waals surface area (Å²) in [7, 11) is 0. The topological polar surface area (TPSA) is 38.7 Å². The van der Waals surface area contributed by atoms with Gasteiger partial charge in [-0.2, -0.15) is 0 Å². The van der Waals surface area contributed by atoms with Gasteiger partial charge in [0.15, 0.2) is 12.6 Å². The van der Waals surface area contributed by atoms with E-state index < -0.39 is 12.6 Å². The number of aliphatic hydroxyl groups is 1. The van der Waals surface area contributed by atoms with E-state index in [0.717, 1.165) is 5.56 Å². The Kier molecular flexibility index (Phi) is 2.82. The third-order valence-electron chi connectivity index (χ3n) is 2.24. The SMILES string of the molecule is CC1CC(O)OC(c2ccccc2)O1. The van der Waals surface area contributed by atoms with Gasteiger partial charge in [-0.25, -0.2) is 0 Å². The molecule has 0 spiro atoms. The molecule has 1 heterocycles. The lowest BCUT2D eigenvalue weighted by molar-refractivity contribution is -0.295. The Balaban J connectivity index is 2.11. The molecule has 14 heavy (non-hydrogen) atoms. The van der Waals surface area contributed by atoms with Crippen molar-refractivity contribution in [3.8, 4) is 0 Å². The van der Waals surface area contributed by atoms with Gasteiger partial charge < -0.3 is 14.6 Å². The predicted molar refractivity (Wildman–Crippen MR) is 51.4 cm³/mol. The highest BCUT2D eigenvalue weighted by molar-refractivity contribution is 5.16. The second-order valence-corrected chi connectivity index (χ2v) is 3.52. The second-order valence-electron chi connectivity index (χ2n) is 3.52. The second kappa shape index (κ2) is 4.09. The van der Waals surface area contributed by atoms with Crippen LogP contribution in [0.15, 0.2) is 30.3 Å². The first-order chi connectivity index (χ1) is 6.75. The fourth-order valence-electron chi connectivity index (χ4n) is 1.55. The molecule has 2 rings (SSSR count). The molecule has 1 aromatic rings. The zero-order chi connectivity index (χ0) is 9.97. The van der Waals surface area contributed by atoms with Crippen molar-refractivity contribution in [2.75, 3.05) is 0 Å². The van der Waals surface area contributed by atoms with Crippen molar-refractivity contribution in [1.29, 1.82) is 0 Å². The van der Waals surface area contributed by atoms with Crippen molar-refractivity contribution in [1.82, 2.24) is 0 Å². The molecule has 0 amide bonds. The Hall–Kier alpha value is -0.900. The summed E-state index contributed by atoms with van der Waals surface area (Å²) in [5.74, 6) is 0. The van der Waals surface area contributed by atoms with Gasteiger partial charge in [0.05, 0.1) is 6.10 Å². The fraction of sp³-hybridized carbons (Fsp3) is 0.455. The van der Waals surface area contributed by atoms with E-state index in [1.807, 2.05) is 37.3 Å². The van der Waals surface area contributed by atoms with Crippen LogP contribution in [0.5, 0.6) is 0 Å². The first kappa shape index (κ1) is 9.65. The molecule has 76 valence electrons. The van der Waals surface area contributed by atoms with Gasteiger partial charge in [-0.3, -0.25) is 0 Å². The van der Waals surface area contributed by atoms with Crippen LogP contribution in [-0.4, -0.2) is 17.5 Å². The lowest BCUT2D eigenvalue weighted by Gasteiger charge is -2.31. The largest absolute Gasteiger partial charge is 0.368 e. The number of hydrogen-bond donors (Lipinski definition) is 1. The van der Waals surface area contributed by atoms with E-state index in [9.17, 15) is 5.11 Å². The molecule has 1 saturated heterocycles. The molecule has 3 heteroatoms. The van der Waals surface area contributed by atoms with E-state index in [0.29, 0.717) is 6.42 Å². The normalized spacial score (nSPS) is 32.9. The lowest BCUT2D eigenvalue weighted by atomic mass is 10.2. The Labute approximate surface area is 83.3 Å². The van der Waals surface area contributed by atoms with Crippen molar-refractivity contribution in [2.45, 2.75) is 32.0 Å². The number of ether oxygens (including phenoxy) is 2. The smallest absolute Gasteiger partial charge is 0.187 e. The van der Waals surface area contributed by atoms with Crippen LogP contribution >= 0.6 is 0 Å². The van der Waals surface area contributed by atoms with Crippen LogP contribution < -0.4 is 0 Å². The summed E-state index contributed by atoms with van der Waals surface area (Å²) >= 11 is 0. The first-order valence-electron chi connectivity index (χ1n) is 4.79. The number of benzene rings is 1. The molecule has 0 aromatic heterocycles. The summed E-state index contributed by atoms with van der Waals surface area (Å²) in [5.41, 5.74) is 0.943. The Morgan fingerprint density at radius 3 is 2.57 bits per heavy atom. The molecule has 1 fully saturated rings. The van der Waals surface area contributed by atoms with Crippen molar-refractivity contribution in [2.24, 2.45) is 0 Å². The molecule has 0 saturated carbocycles.